The molecule has 1 N–H and O–H groups in total. The molecule has 1 aromatic carbocycles. The minimum atomic E-state index is 0.881. The van der Waals surface area contributed by atoms with Crippen LogP contribution >= 0.6 is 0 Å². The van der Waals surface area contributed by atoms with Gasteiger partial charge in [0.05, 0.1) is 19.9 Å². The van der Waals surface area contributed by atoms with Gasteiger partial charge in [-0.2, -0.15) is 5.10 Å². The summed E-state index contributed by atoms with van der Waals surface area (Å²) in [6.07, 6.45) is 1.89. The Hall–Kier alpha value is -1.97. The Labute approximate surface area is 93.8 Å². The maximum atomic E-state index is 5.36. The third kappa shape index (κ3) is 1.26. The number of benzene rings is 1. The van der Waals surface area contributed by atoms with Crippen LogP contribution in [0.15, 0.2) is 30.5 Å². The standard InChI is InChI=1S/C12H13N3O/c1-16-11-5-3-2-4-9(11)10-8-14-15-7-6-13-12(10)15/h2-5,8,13H,6-7H2,1H3. The topological polar surface area (TPSA) is 39.1 Å². The Kier molecular flexibility index (Phi) is 2.06. The molecule has 0 bridgehead atoms. The summed E-state index contributed by atoms with van der Waals surface area (Å²) in [4.78, 5) is 0. The van der Waals surface area contributed by atoms with E-state index in [1.807, 2.05) is 29.1 Å². The molecule has 0 unspecified atom stereocenters. The van der Waals surface area contributed by atoms with E-state index in [9.17, 15) is 0 Å². The van der Waals surface area contributed by atoms with Crippen molar-refractivity contribution < 1.29 is 4.74 Å². The number of rotatable bonds is 2. The van der Waals surface area contributed by atoms with Gasteiger partial charge in [-0.25, -0.2) is 4.68 Å². The van der Waals surface area contributed by atoms with Crippen LogP contribution in [0, 0.1) is 0 Å². The highest BCUT2D eigenvalue weighted by Gasteiger charge is 2.18. The van der Waals surface area contributed by atoms with Crippen LogP contribution < -0.4 is 10.1 Å². The molecule has 2 heterocycles. The lowest BCUT2D eigenvalue weighted by Gasteiger charge is -2.07. The predicted octanol–water partition coefficient (Wildman–Crippen LogP) is 1.98. The number of nitrogens with zero attached hydrogens (tertiary/aromatic N) is 2. The molecule has 0 saturated carbocycles. The average molecular weight is 215 g/mol. The summed E-state index contributed by atoms with van der Waals surface area (Å²) in [5.74, 6) is 1.97. The third-order valence-corrected chi connectivity index (χ3v) is 2.85. The van der Waals surface area contributed by atoms with Crippen LogP contribution in [0.1, 0.15) is 0 Å². The van der Waals surface area contributed by atoms with E-state index in [2.05, 4.69) is 16.5 Å². The first-order chi connectivity index (χ1) is 7.90. The number of fused-ring (bicyclic) bond motifs is 1. The SMILES string of the molecule is COc1ccccc1-c1cnn2c1NCC2. The van der Waals surface area contributed by atoms with Crippen LogP contribution in [0.4, 0.5) is 5.82 Å². The molecule has 0 saturated heterocycles. The molecule has 0 fully saturated rings. The molecular formula is C12H13N3O. The zero-order chi connectivity index (χ0) is 11.0. The van der Waals surface area contributed by atoms with Gasteiger partial charge in [0.25, 0.3) is 0 Å². The molecule has 0 atom stereocenters. The normalized spacial score (nSPS) is 13.3. The zero-order valence-electron chi connectivity index (χ0n) is 9.10. The molecule has 4 heteroatoms. The fraction of sp³-hybridized carbons (Fsp3) is 0.250. The van der Waals surface area contributed by atoms with Gasteiger partial charge in [0.2, 0.25) is 0 Å². The fourth-order valence-corrected chi connectivity index (χ4v) is 2.09. The van der Waals surface area contributed by atoms with Crippen molar-refractivity contribution in [3.05, 3.63) is 30.5 Å². The number of para-hydroxylation sites is 1. The highest BCUT2D eigenvalue weighted by molar-refractivity contribution is 5.80. The van der Waals surface area contributed by atoms with Crippen LogP contribution in [0.3, 0.4) is 0 Å². The number of hydrogen-bond acceptors (Lipinski definition) is 3. The summed E-state index contributed by atoms with van der Waals surface area (Å²) in [5.41, 5.74) is 2.19. The lowest BCUT2D eigenvalue weighted by Crippen LogP contribution is -1.95. The van der Waals surface area contributed by atoms with E-state index in [1.54, 1.807) is 7.11 Å². The van der Waals surface area contributed by atoms with E-state index in [0.29, 0.717) is 0 Å². The average Bonchev–Trinajstić information content (AvgIpc) is 2.91. The van der Waals surface area contributed by atoms with Gasteiger partial charge in [-0.3, -0.25) is 0 Å². The van der Waals surface area contributed by atoms with E-state index in [4.69, 9.17) is 4.74 Å². The second kappa shape index (κ2) is 3.56. The van der Waals surface area contributed by atoms with Gasteiger partial charge in [0.15, 0.2) is 0 Å². The summed E-state index contributed by atoms with van der Waals surface area (Å²) >= 11 is 0. The summed E-state index contributed by atoms with van der Waals surface area (Å²) in [5, 5.41) is 7.69. The highest BCUT2D eigenvalue weighted by Crippen LogP contribution is 2.35. The van der Waals surface area contributed by atoms with E-state index in [1.165, 1.54) is 0 Å². The van der Waals surface area contributed by atoms with Gasteiger partial charge in [0.1, 0.15) is 11.6 Å². The third-order valence-electron chi connectivity index (χ3n) is 2.85. The van der Waals surface area contributed by atoms with Crippen molar-refractivity contribution in [1.82, 2.24) is 9.78 Å². The minimum absolute atomic E-state index is 0.881. The number of hydrogen-bond donors (Lipinski definition) is 1. The molecule has 1 aliphatic rings. The predicted molar refractivity (Wildman–Crippen MR) is 62.7 cm³/mol. The zero-order valence-corrected chi connectivity index (χ0v) is 9.10. The Morgan fingerprint density at radius 1 is 1.31 bits per heavy atom. The molecule has 16 heavy (non-hydrogen) atoms. The Bertz CT molecular complexity index is 519. The van der Waals surface area contributed by atoms with Gasteiger partial charge in [-0.05, 0) is 6.07 Å². The molecule has 82 valence electrons. The Morgan fingerprint density at radius 3 is 3.06 bits per heavy atom. The maximum absolute atomic E-state index is 5.36. The summed E-state index contributed by atoms with van der Waals surface area (Å²) in [6, 6.07) is 8.00. The summed E-state index contributed by atoms with van der Waals surface area (Å²) < 4.78 is 7.35. The molecule has 1 aliphatic heterocycles. The molecule has 3 rings (SSSR count). The van der Waals surface area contributed by atoms with Gasteiger partial charge < -0.3 is 10.1 Å². The van der Waals surface area contributed by atoms with Gasteiger partial charge >= 0.3 is 0 Å². The van der Waals surface area contributed by atoms with Crippen LogP contribution in [-0.4, -0.2) is 23.4 Å². The molecule has 0 radical (unpaired) electrons. The second-order valence-corrected chi connectivity index (χ2v) is 3.76. The molecular weight excluding hydrogens is 202 g/mol. The van der Waals surface area contributed by atoms with Crippen molar-refractivity contribution >= 4 is 5.82 Å². The Morgan fingerprint density at radius 2 is 2.19 bits per heavy atom. The van der Waals surface area contributed by atoms with E-state index in [0.717, 1.165) is 35.8 Å². The molecule has 4 nitrogen and oxygen atoms in total. The van der Waals surface area contributed by atoms with Crippen molar-refractivity contribution in [2.45, 2.75) is 6.54 Å². The van der Waals surface area contributed by atoms with Crippen LogP contribution in [0.25, 0.3) is 11.1 Å². The maximum Gasteiger partial charge on any atom is 0.132 e. The van der Waals surface area contributed by atoms with Crippen molar-refractivity contribution in [3.63, 3.8) is 0 Å². The first kappa shape index (κ1) is 9.27. The van der Waals surface area contributed by atoms with Crippen LogP contribution in [0.2, 0.25) is 0 Å². The largest absolute Gasteiger partial charge is 0.496 e. The number of methoxy groups -OCH3 is 1. The van der Waals surface area contributed by atoms with Crippen molar-refractivity contribution in [1.29, 1.82) is 0 Å². The highest BCUT2D eigenvalue weighted by atomic mass is 16.5. The monoisotopic (exact) mass is 215 g/mol. The van der Waals surface area contributed by atoms with Crippen molar-refractivity contribution in [3.8, 4) is 16.9 Å². The summed E-state index contributed by atoms with van der Waals surface area (Å²) in [6.45, 7) is 1.88. The molecule has 1 aromatic heterocycles. The second-order valence-electron chi connectivity index (χ2n) is 3.76. The quantitative estimate of drug-likeness (QED) is 0.832. The van der Waals surface area contributed by atoms with Gasteiger partial charge in [-0.1, -0.05) is 18.2 Å². The van der Waals surface area contributed by atoms with Crippen LogP contribution in [0.5, 0.6) is 5.75 Å². The molecule has 0 aliphatic carbocycles. The lowest BCUT2D eigenvalue weighted by molar-refractivity contribution is 0.416. The number of anilines is 1. The van der Waals surface area contributed by atoms with Gasteiger partial charge in [0, 0.05) is 17.7 Å². The van der Waals surface area contributed by atoms with Crippen molar-refractivity contribution in [2.24, 2.45) is 0 Å². The van der Waals surface area contributed by atoms with Crippen LogP contribution in [-0.2, 0) is 6.54 Å². The molecule has 2 aromatic rings. The smallest absolute Gasteiger partial charge is 0.132 e. The summed E-state index contributed by atoms with van der Waals surface area (Å²) in [7, 11) is 1.69. The molecule has 0 amide bonds. The van der Waals surface area contributed by atoms with E-state index < -0.39 is 0 Å². The molecule has 0 spiro atoms. The number of nitrogens with one attached hydrogen (secondary N) is 1. The lowest BCUT2D eigenvalue weighted by atomic mass is 10.1. The van der Waals surface area contributed by atoms with E-state index >= 15 is 0 Å². The first-order valence-electron chi connectivity index (χ1n) is 5.33. The Balaban J connectivity index is 2.15. The number of aromatic nitrogens is 2. The first-order valence-corrected chi connectivity index (χ1v) is 5.33. The fourth-order valence-electron chi connectivity index (χ4n) is 2.09. The van der Waals surface area contributed by atoms with Crippen molar-refractivity contribution in [2.75, 3.05) is 19.0 Å². The number of ether oxygens (including phenoxy) is 1. The minimum Gasteiger partial charge on any atom is -0.496 e. The van der Waals surface area contributed by atoms with Gasteiger partial charge in [-0.15, -0.1) is 0 Å². The van der Waals surface area contributed by atoms with E-state index in [-0.39, 0.29) is 0 Å².